The van der Waals surface area contributed by atoms with Crippen LogP contribution in [0.2, 0.25) is 5.02 Å². The summed E-state index contributed by atoms with van der Waals surface area (Å²) < 4.78 is 0. The first-order valence-corrected chi connectivity index (χ1v) is 6.30. The van der Waals surface area contributed by atoms with E-state index in [4.69, 9.17) is 22.2 Å². The van der Waals surface area contributed by atoms with E-state index in [0.29, 0.717) is 17.5 Å². The number of rotatable bonds is 4. The third kappa shape index (κ3) is 4.00. The molecule has 0 atom stereocenters. The zero-order chi connectivity index (χ0) is 13.7. The maximum absolute atomic E-state index is 5.88. The van der Waals surface area contributed by atoms with Gasteiger partial charge in [-0.15, -0.1) is 0 Å². The summed E-state index contributed by atoms with van der Waals surface area (Å²) in [6.07, 6.45) is 0. The van der Waals surface area contributed by atoms with E-state index >= 15 is 0 Å². The second-order valence-electron chi connectivity index (χ2n) is 4.25. The molecule has 0 amide bonds. The minimum atomic E-state index is 0.315. The number of hydrogen-bond donors (Lipinski definition) is 1. The summed E-state index contributed by atoms with van der Waals surface area (Å²) in [4.78, 5) is 5.25. The van der Waals surface area contributed by atoms with Gasteiger partial charge in [0.1, 0.15) is 6.61 Å². The third-order valence-electron chi connectivity index (χ3n) is 2.60. The molecule has 0 saturated heterocycles. The first-order chi connectivity index (χ1) is 9.15. The maximum Gasteiger partial charge on any atom is 0.170 e. The SMILES string of the molecule is Cc1cccc(CO/N=C(/N)c2cccc(Cl)c2)c1. The normalized spacial score (nSPS) is 11.4. The molecule has 2 rings (SSSR count). The molecule has 0 aliphatic rings. The molecule has 0 bridgehead atoms. The van der Waals surface area contributed by atoms with Gasteiger partial charge in [0.05, 0.1) is 0 Å². The average Bonchev–Trinajstić information content (AvgIpc) is 2.38. The highest BCUT2D eigenvalue weighted by Gasteiger charge is 2.00. The molecule has 0 aromatic heterocycles. The number of amidine groups is 1. The Hall–Kier alpha value is -2.00. The molecule has 0 aliphatic heterocycles. The topological polar surface area (TPSA) is 47.6 Å². The molecule has 2 aromatic carbocycles. The standard InChI is InChI=1S/C15H15ClN2O/c1-11-4-2-5-12(8-11)10-19-18-15(17)13-6-3-7-14(16)9-13/h2-9H,10H2,1H3,(H2,17,18). The third-order valence-corrected chi connectivity index (χ3v) is 2.83. The van der Waals surface area contributed by atoms with E-state index in [0.717, 1.165) is 11.1 Å². The average molecular weight is 275 g/mol. The lowest BCUT2D eigenvalue weighted by atomic mass is 10.1. The number of halogens is 1. The number of aryl methyl sites for hydroxylation is 1. The molecule has 0 spiro atoms. The fraction of sp³-hybridized carbons (Fsp3) is 0.133. The van der Waals surface area contributed by atoms with Crippen LogP contribution in [0.15, 0.2) is 53.7 Å². The van der Waals surface area contributed by atoms with E-state index in [1.54, 1.807) is 12.1 Å². The summed E-state index contributed by atoms with van der Waals surface area (Å²) in [6, 6.07) is 15.2. The van der Waals surface area contributed by atoms with Crippen molar-refractivity contribution in [3.05, 3.63) is 70.2 Å². The van der Waals surface area contributed by atoms with Crippen molar-refractivity contribution in [2.75, 3.05) is 0 Å². The molecule has 0 unspecified atom stereocenters. The quantitative estimate of drug-likeness (QED) is 0.527. The van der Waals surface area contributed by atoms with Crippen molar-refractivity contribution in [1.29, 1.82) is 0 Å². The Balaban J connectivity index is 1.99. The van der Waals surface area contributed by atoms with Crippen LogP contribution in [-0.2, 0) is 11.4 Å². The Bertz CT molecular complexity index is 596. The molecular formula is C15H15ClN2O. The number of benzene rings is 2. The van der Waals surface area contributed by atoms with Gasteiger partial charge in [-0.25, -0.2) is 0 Å². The molecule has 3 nitrogen and oxygen atoms in total. The van der Waals surface area contributed by atoms with Crippen LogP contribution < -0.4 is 5.73 Å². The van der Waals surface area contributed by atoms with Crippen LogP contribution in [0.3, 0.4) is 0 Å². The van der Waals surface area contributed by atoms with E-state index in [2.05, 4.69) is 5.16 Å². The monoisotopic (exact) mass is 274 g/mol. The van der Waals surface area contributed by atoms with Crippen molar-refractivity contribution in [3.8, 4) is 0 Å². The van der Waals surface area contributed by atoms with Crippen LogP contribution in [0, 0.1) is 6.92 Å². The van der Waals surface area contributed by atoms with Gasteiger partial charge in [-0.05, 0) is 24.6 Å². The molecule has 0 saturated carbocycles. The van der Waals surface area contributed by atoms with Gasteiger partial charge in [0.15, 0.2) is 5.84 Å². The van der Waals surface area contributed by atoms with Crippen molar-refractivity contribution in [1.82, 2.24) is 0 Å². The Labute approximate surface area is 117 Å². The lowest BCUT2D eigenvalue weighted by molar-refractivity contribution is 0.130. The van der Waals surface area contributed by atoms with Gasteiger partial charge in [-0.2, -0.15) is 0 Å². The maximum atomic E-state index is 5.88. The summed E-state index contributed by atoms with van der Waals surface area (Å²) in [5.74, 6) is 0.315. The van der Waals surface area contributed by atoms with Gasteiger partial charge in [-0.3, -0.25) is 0 Å². The minimum absolute atomic E-state index is 0.315. The van der Waals surface area contributed by atoms with Crippen molar-refractivity contribution >= 4 is 17.4 Å². The molecule has 2 N–H and O–H groups in total. The predicted molar refractivity (Wildman–Crippen MR) is 78.1 cm³/mol. The predicted octanol–water partition coefficient (Wildman–Crippen LogP) is 3.49. The Morgan fingerprint density at radius 2 is 2.00 bits per heavy atom. The molecule has 2 aromatic rings. The summed E-state index contributed by atoms with van der Waals surface area (Å²) in [7, 11) is 0. The zero-order valence-electron chi connectivity index (χ0n) is 10.6. The Kier molecular flexibility index (Phi) is 4.42. The van der Waals surface area contributed by atoms with Gasteiger partial charge in [0, 0.05) is 10.6 Å². The smallest absolute Gasteiger partial charge is 0.170 e. The molecule has 98 valence electrons. The second-order valence-corrected chi connectivity index (χ2v) is 4.69. The van der Waals surface area contributed by atoms with E-state index in [1.165, 1.54) is 5.56 Å². The van der Waals surface area contributed by atoms with Crippen LogP contribution in [0.4, 0.5) is 0 Å². The van der Waals surface area contributed by atoms with Gasteiger partial charge in [-0.1, -0.05) is 58.7 Å². The number of nitrogens with zero attached hydrogens (tertiary/aromatic N) is 1. The lowest BCUT2D eigenvalue weighted by Gasteiger charge is -2.03. The van der Waals surface area contributed by atoms with Crippen molar-refractivity contribution in [3.63, 3.8) is 0 Å². The number of oxime groups is 1. The van der Waals surface area contributed by atoms with Crippen molar-refractivity contribution < 1.29 is 4.84 Å². The van der Waals surface area contributed by atoms with Crippen molar-refractivity contribution in [2.24, 2.45) is 10.9 Å². The van der Waals surface area contributed by atoms with Crippen LogP contribution in [-0.4, -0.2) is 5.84 Å². The first-order valence-electron chi connectivity index (χ1n) is 5.92. The fourth-order valence-corrected chi connectivity index (χ4v) is 1.87. The molecule has 0 fully saturated rings. The van der Waals surface area contributed by atoms with Gasteiger partial charge >= 0.3 is 0 Å². The largest absolute Gasteiger partial charge is 0.389 e. The number of hydrogen-bond acceptors (Lipinski definition) is 2. The summed E-state index contributed by atoms with van der Waals surface area (Å²) >= 11 is 5.88. The van der Waals surface area contributed by atoms with Crippen LogP contribution >= 0.6 is 11.6 Å². The first kappa shape index (κ1) is 13.4. The highest BCUT2D eigenvalue weighted by atomic mass is 35.5. The molecule has 0 heterocycles. The second kappa shape index (κ2) is 6.25. The zero-order valence-corrected chi connectivity index (χ0v) is 11.4. The van der Waals surface area contributed by atoms with Crippen LogP contribution in [0.25, 0.3) is 0 Å². The van der Waals surface area contributed by atoms with Crippen LogP contribution in [0.1, 0.15) is 16.7 Å². The highest BCUT2D eigenvalue weighted by molar-refractivity contribution is 6.31. The molecule has 19 heavy (non-hydrogen) atoms. The van der Waals surface area contributed by atoms with E-state index < -0.39 is 0 Å². The van der Waals surface area contributed by atoms with E-state index in [1.807, 2.05) is 43.3 Å². The Morgan fingerprint density at radius 1 is 1.21 bits per heavy atom. The lowest BCUT2D eigenvalue weighted by Crippen LogP contribution is -2.13. The molecule has 4 heteroatoms. The van der Waals surface area contributed by atoms with E-state index in [-0.39, 0.29) is 0 Å². The minimum Gasteiger partial charge on any atom is -0.389 e. The fourth-order valence-electron chi connectivity index (χ4n) is 1.68. The van der Waals surface area contributed by atoms with Gasteiger partial charge in [0.25, 0.3) is 0 Å². The number of nitrogens with two attached hydrogens (primary N) is 1. The Morgan fingerprint density at radius 3 is 2.74 bits per heavy atom. The van der Waals surface area contributed by atoms with Crippen LogP contribution in [0.5, 0.6) is 0 Å². The van der Waals surface area contributed by atoms with Gasteiger partial charge in [0.2, 0.25) is 0 Å². The summed E-state index contributed by atoms with van der Waals surface area (Å²) in [5, 5.41) is 4.52. The molecule has 0 radical (unpaired) electrons. The highest BCUT2D eigenvalue weighted by Crippen LogP contribution is 2.11. The molecular weight excluding hydrogens is 260 g/mol. The van der Waals surface area contributed by atoms with Crippen molar-refractivity contribution in [2.45, 2.75) is 13.5 Å². The summed E-state index contributed by atoms with van der Waals surface area (Å²) in [6.45, 7) is 2.43. The molecule has 0 aliphatic carbocycles. The van der Waals surface area contributed by atoms with E-state index in [9.17, 15) is 0 Å². The van der Waals surface area contributed by atoms with Gasteiger partial charge < -0.3 is 10.6 Å². The summed E-state index contributed by atoms with van der Waals surface area (Å²) in [5.41, 5.74) is 8.82.